The van der Waals surface area contributed by atoms with Gasteiger partial charge in [-0.05, 0) is 6.42 Å². The Morgan fingerprint density at radius 2 is 1.35 bits per heavy atom. The van der Waals surface area contributed by atoms with E-state index in [0.717, 1.165) is 0 Å². The van der Waals surface area contributed by atoms with Crippen LogP contribution in [-0.4, -0.2) is 12.6 Å². The maximum atomic E-state index is 11.7. The number of nitrogens with two attached hydrogens (primary N) is 5. The largest absolute Gasteiger partial charge is 0.462 e. The van der Waals surface area contributed by atoms with Crippen molar-refractivity contribution in [3.8, 4) is 0 Å². The first-order valence-corrected chi connectivity index (χ1v) is 5.10. The first kappa shape index (κ1) is 12.8. The van der Waals surface area contributed by atoms with Crippen LogP contribution in [0.5, 0.6) is 0 Å². The van der Waals surface area contributed by atoms with Crippen LogP contribution in [0.1, 0.15) is 23.7 Å². The molecule has 0 bridgehead atoms. The van der Waals surface area contributed by atoms with Gasteiger partial charge in [-0.15, -0.1) is 0 Å². The Hall–Kier alpha value is -2.31. The number of benzene rings is 1. The van der Waals surface area contributed by atoms with E-state index in [-0.39, 0.29) is 40.6 Å². The molecule has 94 valence electrons. The third kappa shape index (κ3) is 2.12. The quantitative estimate of drug-likeness (QED) is 0.371. The molecule has 0 spiro atoms. The van der Waals surface area contributed by atoms with E-state index in [1.165, 1.54) is 0 Å². The summed E-state index contributed by atoms with van der Waals surface area (Å²) in [6, 6.07) is 0. The predicted octanol–water partition coefficient (Wildman–Crippen LogP) is 0.164. The average Bonchev–Trinajstić information content (AvgIpc) is 2.31. The molecule has 0 radical (unpaired) electrons. The lowest BCUT2D eigenvalue weighted by Gasteiger charge is -2.15. The molecular formula is C10H17N5O2. The lowest BCUT2D eigenvalue weighted by atomic mass is 10.1. The minimum absolute atomic E-state index is 0.00435. The van der Waals surface area contributed by atoms with E-state index in [2.05, 4.69) is 0 Å². The van der Waals surface area contributed by atoms with Gasteiger partial charge >= 0.3 is 5.97 Å². The number of anilines is 5. The highest BCUT2D eigenvalue weighted by atomic mass is 16.5. The number of rotatable bonds is 3. The first-order valence-electron chi connectivity index (χ1n) is 5.10. The van der Waals surface area contributed by atoms with Gasteiger partial charge in [0.1, 0.15) is 5.56 Å². The SMILES string of the molecule is CCCOC(=O)c1c(N)c(N)c(N)c(N)c1N. The van der Waals surface area contributed by atoms with Gasteiger partial charge in [0.2, 0.25) is 0 Å². The molecule has 1 aromatic rings. The fourth-order valence-corrected chi connectivity index (χ4v) is 1.34. The van der Waals surface area contributed by atoms with Crippen molar-refractivity contribution in [2.24, 2.45) is 0 Å². The zero-order valence-corrected chi connectivity index (χ0v) is 9.62. The van der Waals surface area contributed by atoms with Gasteiger partial charge in [0.15, 0.2) is 0 Å². The van der Waals surface area contributed by atoms with Gasteiger partial charge in [-0.2, -0.15) is 0 Å². The minimum Gasteiger partial charge on any atom is -0.462 e. The molecule has 10 N–H and O–H groups in total. The summed E-state index contributed by atoms with van der Waals surface area (Å²) in [5, 5.41) is 0. The summed E-state index contributed by atoms with van der Waals surface area (Å²) < 4.78 is 4.94. The number of hydrogen-bond donors (Lipinski definition) is 5. The molecule has 1 rings (SSSR count). The Balaban J connectivity index is 3.29. The lowest BCUT2D eigenvalue weighted by Crippen LogP contribution is -2.16. The maximum Gasteiger partial charge on any atom is 0.342 e. The van der Waals surface area contributed by atoms with Gasteiger partial charge < -0.3 is 33.4 Å². The highest BCUT2D eigenvalue weighted by Gasteiger charge is 2.22. The zero-order valence-electron chi connectivity index (χ0n) is 9.62. The Labute approximate surface area is 98.9 Å². The number of nitrogen functional groups attached to an aromatic ring is 5. The fourth-order valence-electron chi connectivity index (χ4n) is 1.34. The fraction of sp³-hybridized carbons (Fsp3) is 0.300. The number of ether oxygens (including phenoxy) is 1. The van der Waals surface area contributed by atoms with E-state index in [9.17, 15) is 4.79 Å². The van der Waals surface area contributed by atoms with Crippen molar-refractivity contribution in [2.75, 3.05) is 35.3 Å². The van der Waals surface area contributed by atoms with Crippen molar-refractivity contribution in [3.63, 3.8) is 0 Å². The molecular weight excluding hydrogens is 222 g/mol. The molecule has 0 aliphatic rings. The molecule has 0 fully saturated rings. The van der Waals surface area contributed by atoms with E-state index >= 15 is 0 Å². The van der Waals surface area contributed by atoms with E-state index < -0.39 is 5.97 Å². The maximum absolute atomic E-state index is 11.7. The van der Waals surface area contributed by atoms with Gasteiger partial charge in [0, 0.05) is 0 Å². The Kier molecular flexibility index (Phi) is 3.52. The number of carbonyl (C=O) groups excluding carboxylic acids is 1. The third-order valence-corrected chi connectivity index (χ3v) is 2.34. The van der Waals surface area contributed by atoms with Crippen LogP contribution < -0.4 is 28.7 Å². The normalized spacial score (nSPS) is 10.2. The van der Waals surface area contributed by atoms with Crippen LogP contribution in [0.4, 0.5) is 28.4 Å². The summed E-state index contributed by atoms with van der Waals surface area (Å²) >= 11 is 0. The molecule has 7 heteroatoms. The Morgan fingerprint density at radius 1 is 0.941 bits per heavy atom. The number of esters is 1. The summed E-state index contributed by atoms with van der Waals surface area (Å²) in [5.74, 6) is -0.653. The van der Waals surface area contributed by atoms with Crippen LogP contribution in [0, 0.1) is 0 Å². The topological polar surface area (TPSA) is 156 Å². The molecule has 0 aromatic heterocycles. The third-order valence-electron chi connectivity index (χ3n) is 2.34. The second kappa shape index (κ2) is 4.69. The highest BCUT2D eigenvalue weighted by Crippen LogP contribution is 2.38. The summed E-state index contributed by atoms with van der Waals surface area (Å²) in [7, 11) is 0. The van der Waals surface area contributed by atoms with Crippen LogP contribution >= 0.6 is 0 Å². The van der Waals surface area contributed by atoms with Gasteiger partial charge in [-0.3, -0.25) is 0 Å². The smallest absolute Gasteiger partial charge is 0.342 e. The summed E-state index contributed by atoms with van der Waals surface area (Å²) in [6.45, 7) is 2.13. The van der Waals surface area contributed by atoms with Crippen LogP contribution in [0.25, 0.3) is 0 Å². The molecule has 0 saturated heterocycles. The zero-order chi connectivity index (χ0) is 13.2. The second-order valence-corrected chi connectivity index (χ2v) is 3.58. The van der Waals surface area contributed by atoms with Crippen molar-refractivity contribution >= 4 is 34.4 Å². The summed E-state index contributed by atoms with van der Waals surface area (Å²) in [4.78, 5) is 11.7. The molecule has 1 aromatic carbocycles. The van der Waals surface area contributed by atoms with Crippen LogP contribution in [0.3, 0.4) is 0 Å². The average molecular weight is 239 g/mol. The molecule has 0 saturated carbocycles. The highest BCUT2D eigenvalue weighted by molar-refractivity contribution is 6.10. The standard InChI is InChI=1S/C10H17N5O2/c1-2-3-17-10(16)4-5(11)7(13)9(15)8(14)6(4)12/h2-3,11-15H2,1H3. The number of carbonyl (C=O) groups is 1. The van der Waals surface area contributed by atoms with Gasteiger partial charge in [-0.25, -0.2) is 4.79 Å². The van der Waals surface area contributed by atoms with E-state index in [1.807, 2.05) is 6.92 Å². The van der Waals surface area contributed by atoms with Crippen LogP contribution in [0.15, 0.2) is 0 Å². The summed E-state index contributed by atoms with van der Waals surface area (Å²) in [5.41, 5.74) is 28.3. The lowest BCUT2D eigenvalue weighted by molar-refractivity contribution is 0.0507. The molecule has 0 unspecified atom stereocenters. The van der Waals surface area contributed by atoms with Crippen molar-refractivity contribution in [1.82, 2.24) is 0 Å². The Morgan fingerprint density at radius 3 is 1.76 bits per heavy atom. The van der Waals surface area contributed by atoms with Crippen LogP contribution in [0.2, 0.25) is 0 Å². The van der Waals surface area contributed by atoms with Crippen LogP contribution in [-0.2, 0) is 4.74 Å². The van der Waals surface area contributed by atoms with E-state index in [1.54, 1.807) is 0 Å². The van der Waals surface area contributed by atoms with Gasteiger partial charge in [0.25, 0.3) is 0 Å². The van der Waals surface area contributed by atoms with E-state index in [0.29, 0.717) is 6.42 Å². The van der Waals surface area contributed by atoms with Gasteiger partial charge in [0.05, 0.1) is 35.0 Å². The van der Waals surface area contributed by atoms with Crippen molar-refractivity contribution in [1.29, 1.82) is 0 Å². The first-order chi connectivity index (χ1) is 7.91. The van der Waals surface area contributed by atoms with Crippen molar-refractivity contribution in [3.05, 3.63) is 5.56 Å². The molecule has 7 nitrogen and oxygen atoms in total. The monoisotopic (exact) mass is 239 g/mol. The second-order valence-electron chi connectivity index (χ2n) is 3.58. The molecule has 0 aliphatic heterocycles. The van der Waals surface area contributed by atoms with Crippen molar-refractivity contribution in [2.45, 2.75) is 13.3 Å². The Bertz CT molecular complexity index is 429. The predicted molar refractivity (Wildman–Crippen MR) is 69.1 cm³/mol. The molecule has 17 heavy (non-hydrogen) atoms. The summed E-state index contributed by atoms with van der Waals surface area (Å²) in [6.07, 6.45) is 0.686. The molecule has 0 amide bonds. The minimum atomic E-state index is -0.653. The van der Waals surface area contributed by atoms with Gasteiger partial charge in [-0.1, -0.05) is 6.92 Å². The van der Waals surface area contributed by atoms with E-state index in [4.69, 9.17) is 33.4 Å². The van der Waals surface area contributed by atoms with Crippen molar-refractivity contribution < 1.29 is 9.53 Å². The molecule has 0 atom stereocenters. The molecule has 0 aliphatic carbocycles. The molecule has 0 heterocycles. The number of hydrogen-bond acceptors (Lipinski definition) is 7.